The Morgan fingerprint density at radius 2 is 0.766 bits per heavy atom. The van der Waals surface area contributed by atoms with E-state index in [-0.39, 0.29) is 0 Å². The van der Waals surface area contributed by atoms with E-state index in [1.165, 1.54) is 21.5 Å². The van der Waals surface area contributed by atoms with Crippen molar-refractivity contribution < 1.29 is 0 Å². The molecule has 0 amide bonds. The Kier molecular flexibility index (Phi) is 10.2. The van der Waals surface area contributed by atoms with Gasteiger partial charge in [-0.15, -0.1) is 0 Å². The van der Waals surface area contributed by atoms with Crippen molar-refractivity contribution in [1.82, 2.24) is 23.7 Å². The number of rotatable bonds is 7. The van der Waals surface area contributed by atoms with E-state index in [9.17, 15) is 15.8 Å². The van der Waals surface area contributed by atoms with Gasteiger partial charge in [-0.05, 0) is 139 Å². The van der Waals surface area contributed by atoms with Crippen molar-refractivity contribution in [3.8, 4) is 80.3 Å². The first-order chi connectivity index (χ1) is 38.0. The Hall–Kier alpha value is -11.4. The van der Waals surface area contributed by atoms with Crippen molar-refractivity contribution in [2.45, 2.75) is 0 Å². The highest BCUT2D eigenvalue weighted by Gasteiger charge is 2.21. The molecule has 0 spiro atoms. The molecule has 0 saturated carbocycles. The highest BCUT2D eigenvalue weighted by Crippen LogP contribution is 2.42. The van der Waals surface area contributed by atoms with Crippen molar-refractivity contribution in [1.29, 1.82) is 15.8 Å². The smallest absolute Gasteiger partial charge is 0.195 e. The van der Waals surface area contributed by atoms with Crippen molar-refractivity contribution in [2.75, 3.05) is 0 Å². The lowest BCUT2D eigenvalue weighted by molar-refractivity contribution is 1.16. The second kappa shape index (κ2) is 17.7. The highest BCUT2D eigenvalue weighted by atomic mass is 15.0. The van der Waals surface area contributed by atoms with Crippen LogP contribution in [0.2, 0.25) is 0 Å². The lowest BCUT2D eigenvalue weighted by Gasteiger charge is -2.14. The van der Waals surface area contributed by atoms with Crippen LogP contribution in [0.15, 0.2) is 224 Å². The van der Waals surface area contributed by atoms with E-state index < -0.39 is 0 Å². The third-order valence-corrected chi connectivity index (χ3v) is 14.8. The summed E-state index contributed by atoms with van der Waals surface area (Å²) >= 11 is 0. The number of para-hydroxylation sites is 4. The van der Waals surface area contributed by atoms with E-state index in [4.69, 9.17) is 16.5 Å². The minimum atomic E-state index is 0.340. The van der Waals surface area contributed by atoms with Crippen molar-refractivity contribution in [3.05, 3.63) is 253 Å². The Morgan fingerprint density at radius 3 is 1.23 bits per heavy atom. The summed E-state index contributed by atoms with van der Waals surface area (Å²) in [7, 11) is 0. The molecule has 0 aliphatic carbocycles. The molecule has 10 aromatic carbocycles. The van der Waals surface area contributed by atoms with Crippen molar-refractivity contribution in [2.24, 2.45) is 0 Å². The van der Waals surface area contributed by atoms with Crippen LogP contribution in [0.5, 0.6) is 0 Å². The molecular weight excluding hydrogens is 943 g/mol. The maximum absolute atomic E-state index is 10.8. The Labute approximate surface area is 441 Å². The molecule has 0 radical (unpaired) electrons. The van der Waals surface area contributed by atoms with E-state index in [0.29, 0.717) is 56.3 Å². The Balaban J connectivity index is 0.914. The summed E-state index contributed by atoms with van der Waals surface area (Å²) in [6.45, 7) is 8.45. The first-order valence-electron chi connectivity index (χ1n) is 25.0. The number of nitriles is 3. The first-order valence-corrected chi connectivity index (χ1v) is 25.0. The van der Waals surface area contributed by atoms with Gasteiger partial charge in [0.05, 0.1) is 86.0 Å². The first kappa shape index (κ1) is 44.3. The molecule has 77 heavy (non-hydrogen) atoms. The third-order valence-electron chi connectivity index (χ3n) is 14.8. The number of hydrogen-bond acceptors (Lipinski definition) is 5. The summed E-state index contributed by atoms with van der Waals surface area (Å²) in [5.74, 6) is 0.384. The number of aromatic nitrogens is 5. The van der Waals surface area contributed by atoms with Gasteiger partial charge >= 0.3 is 0 Å². The standard InChI is InChI=1S/C68H37N9/c1-72-60-37-56(61-38-59(45-22-18-42(39-69)19-23-45)73-68(74-61)46-24-20-43(40-70)21-25-46)47(41-71)34-55(60)44-26-28-48(29-27-44)75-66-32-30-49(76-62-14-6-2-10-51(62)52-11-3-7-15-63(52)76)35-57(66)58-36-50(31-33-67(58)75)77-64-16-8-4-12-53(64)54-13-5-9-17-65(54)77/h2-38H. The maximum atomic E-state index is 10.8. The van der Waals surface area contributed by atoms with E-state index in [1.807, 2.05) is 24.3 Å². The Bertz CT molecular complexity index is 4600. The summed E-state index contributed by atoms with van der Waals surface area (Å²) in [5, 5.41) is 36.8. The second-order valence-corrected chi connectivity index (χ2v) is 19.0. The average molecular weight is 980 g/mol. The Morgan fingerprint density at radius 1 is 0.351 bits per heavy atom. The molecule has 4 heterocycles. The lowest BCUT2D eigenvalue weighted by Crippen LogP contribution is -1.98. The van der Waals surface area contributed by atoms with Crippen LogP contribution in [0, 0.1) is 40.6 Å². The van der Waals surface area contributed by atoms with Gasteiger partial charge in [0.2, 0.25) is 0 Å². The molecule has 0 N–H and O–H groups in total. The number of hydrogen-bond donors (Lipinski definition) is 0. The van der Waals surface area contributed by atoms with Gasteiger partial charge in [-0.25, -0.2) is 14.8 Å². The van der Waals surface area contributed by atoms with Crippen molar-refractivity contribution in [3.63, 3.8) is 0 Å². The monoisotopic (exact) mass is 979 g/mol. The lowest BCUT2D eigenvalue weighted by atomic mass is 9.95. The van der Waals surface area contributed by atoms with Crippen LogP contribution in [0.1, 0.15) is 16.7 Å². The molecule has 4 aromatic heterocycles. The largest absolute Gasteiger partial charge is 0.309 e. The van der Waals surface area contributed by atoms with Gasteiger partial charge in [-0.2, -0.15) is 15.8 Å². The molecule has 0 fully saturated rings. The molecule has 9 heteroatoms. The minimum Gasteiger partial charge on any atom is -0.309 e. The predicted octanol–water partition coefficient (Wildman–Crippen LogP) is 16.6. The average Bonchev–Trinajstić information content (AvgIpc) is 4.29. The van der Waals surface area contributed by atoms with Gasteiger partial charge in [0, 0.05) is 66.1 Å². The van der Waals surface area contributed by atoms with E-state index >= 15 is 0 Å². The zero-order valence-corrected chi connectivity index (χ0v) is 40.9. The van der Waals surface area contributed by atoms with Gasteiger partial charge in [0.1, 0.15) is 0 Å². The number of benzene rings is 10. The molecular formula is C68H37N9. The van der Waals surface area contributed by atoms with Gasteiger partial charge in [0.25, 0.3) is 0 Å². The fourth-order valence-electron chi connectivity index (χ4n) is 11.2. The summed E-state index contributed by atoms with van der Waals surface area (Å²) in [6, 6.07) is 82.2. The zero-order valence-electron chi connectivity index (χ0n) is 40.9. The number of fused-ring (bicyclic) bond motifs is 9. The maximum Gasteiger partial charge on any atom is 0.195 e. The van der Waals surface area contributed by atoms with E-state index in [2.05, 4.69) is 182 Å². The summed E-state index contributed by atoms with van der Waals surface area (Å²) in [6.07, 6.45) is 0. The van der Waals surface area contributed by atoms with Crippen LogP contribution in [-0.4, -0.2) is 23.7 Å². The normalized spacial score (nSPS) is 11.3. The van der Waals surface area contributed by atoms with Gasteiger partial charge in [0.15, 0.2) is 11.5 Å². The van der Waals surface area contributed by atoms with Crippen LogP contribution in [0.4, 0.5) is 5.69 Å². The van der Waals surface area contributed by atoms with Crippen LogP contribution >= 0.6 is 0 Å². The molecule has 14 rings (SSSR count). The SMILES string of the molecule is [C-]#[N+]c1cc(-c2cc(-c3ccc(C#N)cc3)nc(-c3ccc(C#N)cc3)n2)c(C#N)cc1-c1ccc(-n2c3ccc(-n4c5ccccc5c5ccccc54)cc3c3cc(-n4c5ccccc5c5ccccc54)ccc32)cc1. The molecule has 0 saturated heterocycles. The third kappa shape index (κ3) is 7.13. The van der Waals surface area contributed by atoms with E-state index in [1.54, 1.807) is 54.6 Å². The van der Waals surface area contributed by atoms with Crippen LogP contribution in [0.25, 0.3) is 132 Å². The summed E-state index contributed by atoms with van der Waals surface area (Å²) in [5.41, 5.74) is 15.8. The summed E-state index contributed by atoms with van der Waals surface area (Å²) in [4.78, 5) is 13.9. The molecule has 14 aromatic rings. The zero-order chi connectivity index (χ0) is 51.7. The second-order valence-electron chi connectivity index (χ2n) is 19.0. The highest BCUT2D eigenvalue weighted by molar-refractivity contribution is 6.14. The minimum absolute atomic E-state index is 0.340. The quantitative estimate of drug-likeness (QED) is 0.147. The van der Waals surface area contributed by atoms with Crippen LogP contribution in [0.3, 0.4) is 0 Å². The van der Waals surface area contributed by atoms with Gasteiger partial charge in [-0.1, -0.05) is 97.1 Å². The van der Waals surface area contributed by atoms with Crippen LogP contribution in [-0.2, 0) is 0 Å². The predicted molar refractivity (Wildman–Crippen MR) is 307 cm³/mol. The fourth-order valence-corrected chi connectivity index (χ4v) is 11.2. The fraction of sp³-hybridized carbons (Fsp3) is 0. The molecule has 0 bridgehead atoms. The molecule has 354 valence electrons. The molecule has 0 atom stereocenters. The molecule has 0 aliphatic rings. The molecule has 9 nitrogen and oxygen atoms in total. The molecule has 0 aliphatic heterocycles. The number of nitrogens with zero attached hydrogens (tertiary/aromatic N) is 9. The van der Waals surface area contributed by atoms with Crippen LogP contribution < -0.4 is 0 Å². The topological polar surface area (TPSA) is 116 Å². The molecule has 0 unspecified atom stereocenters. The summed E-state index contributed by atoms with van der Waals surface area (Å²) < 4.78 is 7.04. The van der Waals surface area contributed by atoms with E-state index in [0.717, 1.165) is 72.1 Å². The van der Waals surface area contributed by atoms with Crippen molar-refractivity contribution >= 4 is 71.1 Å². The van der Waals surface area contributed by atoms with Gasteiger partial charge in [-0.3, -0.25) is 0 Å². The van der Waals surface area contributed by atoms with Gasteiger partial charge < -0.3 is 13.7 Å².